The summed E-state index contributed by atoms with van der Waals surface area (Å²) in [7, 11) is 2.78. The molecule has 18 heavy (non-hydrogen) atoms. The van der Waals surface area contributed by atoms with Crippen molar-refractivity contribution in [2.45, 2.75) is 18.9 Å². The Balaban J connectivity index is 2.61. The molecule has 7 nitrogen and oxygen atoms in total. The van der Waals surface area contributed by atoms with E-state index in [1.54, 1.807) is 0 Å². The van der Waals surface area contributed by atoms with E-state index in [-0.39, 0.29) is 23.2 Å². The van der Waals surface area contributed by atoms with Gasteiger partial charge in [0.25, 0.3) is 5.56 Å². The quantitative estimate of drug-likeness (QED) is 0.631. The second kappa shape index (κ2) is 4.41. The summed E-state index contributed by atoms with van der Waals surface area (Å²) < 4.78 is 2.02. The number of carbonyl (C=O) groups is 1. The highest BCUT2D eigenvalue weighted by molar-refractivity contribution is 6.03. The number of nitrogens with zero attached hydrogens (tertiary/aromatic N) is 2. The fourth-order valence-corrected chi connectivity index (χ4v) is 2.17. The molecular formula is C11H16N4O3. The van der Waals surface area contributed by atoms with E-state index in [4.69, 9.17) is 5.73 Å². The van der Waals surface area contributed by atoms with Gasteiger partial charge in [-0.05, 0) is 19.4 Å². The summed E-state index contributed by atoms with van der Waals surface area (Å²) in [5.41, 5.74) is 4.46. The third-order valence-corrected chi connectivity index (χ3v) is 3.33. The van der Waals surface area contributed by atoms with Crippen LogP contribution in [0.4, 0.5) is 5.82 Å². The second-order valence-corrected chi connectivity index (χ2v) is 4.48. The molecule has 0 unspecified atom stereocenters. The SMILES string of the molecule is Cn1c(N)c(C(=O)[C@@H]2CCCN2)c(=O)n(C)c1=O. The second-order valence-electron chi connectivity index (χ2n) is 4.48. The highest BCUT2D eigenvalue weighted by atomic mass is 16.2. The van der Waals surface area contributed by atoms with Crippen molar-refractivity contribution in [2.75, 3.05) is 12.3 Å². The zero-order valence-electron chi connectivity index (χ0n) is 10.4. The zero-order chi connectivity index (χ0) is 13.4. The molecule has 3 N–H and O–H groups in total. The number of nitrogen functional groups attached to an aromatic ring is 1. The predicted molar refractivity (Wildman–Crippen MR) is 66.7 cm³/mol. The van der Waals surface area contributed by atoms with E-state index in [1.165, 1.54) is 14.1 Å². The van der Waals surface area contributed by atoms with Crippen LogP contribution in [0.2, 0.25) is 0 Å². The Kier molecular flexibility index (Phi) is 3.08. The summed E-state index contributed by atoms with van der Waals surface area (Å²) >= 11 is 0. The molecule has 0 amide bonds. The number of ketones is 1. The van der Waals surface area contributed by atoms with Gasteiger partial charge < -0.3 is 11.1 Å². The lowest BCUT2D eigenvalue weighted by atomic mass is 10.0. The first-order chi connectivity index (χ1) is 8.45. The van der Waals surface area contributed by atoms with Crippen LogP contribution in [0, 0.1) is 0 Å². The largest absolute Gasteiger partial charge is 0.384 e. The number of anilines is 1. The van der Waals surface area contributed by atoms with Gasteiger partial charge in [0.15, 0.2) is 5.78 Å². The average Bonchev–Trinajstić information content (AvgIpc) is 2.88. The molecule has 0 aliphatic carbocycles. The lowest BCUT2D eigenvalue weighted by molar-refractivity contribution is 0.0950. The van der Waals surface area contributed by atoms with Crippen molar-refractivity contribution in [3.8, 4) is 0 Å². The minimum atomic E-state index is -0.630. The van der Waals surface area contributed by atoms with Gasteiger partial charge in [0.1, 0.15) is 11.4 Å². The summed E-state index contributed by atoms with van der Waals surface area (Å²) in [6.45, 7) is 0.752. The predicted octanol–water partition coefficient (Wildman–Crippen LogP) is -1.40. The van der Waals surface area contributed by atoms with Gasteiger partial charge in [-0.25, -0.2) is 4.79 Å². The third-order valence-electron chi connectivity index (χ3n) is 3.33. The first kappa shape index (κ1) is 12.6. The van der Waals surface area contributed by atoms with E-state index < -0.39 is 11.2 Å². The molecule has 1 saturated heterocycles. The zero-order valence-corrected chi connectivity index (χ0v) is 10.4. The first-order valence-electron chi connectivity index (χ1n) is 5.78. The molecule has 0 bridgehead atoms. The van der Waals surface area contributed by atoms with Crippen LogP contribution in [-0.2, 0) is 14.1 Å². The van der Waals surface area contributed by atoms with Crippen molar-refractivity contribution in [1.29, 1.82) is 0 Å². The maximum absolute atomic E-state index is 12.2. The van der Waals surface area contributed by atoms with Gasteiger partial charge in [0, 0.05) is 14.1 Å². The van der Waals surface area contributed by atoms with Gasteiger partial charge in [0.05, 0.1) is 6.04 Å². The lowest BCUT2D eigenvalue weighted by Crippen LogP contribution is -2.44. The van der Waals surface area contributed by atoms with Gasteiger partial charge in [-0.2, -0.15) is 0 Å². The topological polar surface area (TPSA) is 99.1 Å². The van der Waals surface area contributed by atoms with E-state index >= 15 is 0 Å². The van der Waals surface area contributed by atoms with E-state index in [0.717, 1.165) is 22.1 Å². The minimum Gasteiger partial charge on any atom is -0.384 e. The highest BCUT2D eigenvalue weighted by Crippen LogP contribution is 2.13. The highest BCUT2D eigenvalue weighted by Gasteiger charge is 2.28. The van der Waals surface area contributed by atoms with Gasteiger partial charge in [-0.15, -0.1) is 0 Å². The Morgan fingerprint density at radius 2 is 2.00 bits per heavy atom. The van der Waals surface area contributed by atoms with Gasteiger partial charge in [-0.3, -0.25) is 18.7 Å². The van der Waals surface area contributed by atoms with Crippen LogP contribution < -0.4 is 22.3 Å². The number of rotatable bonds is 2. The van der Waals surface area contributed by atoms with E-state index in [2.05, 4.69) is 5.32 Å². The normalized spacial score (nSPS) is 19.1. The summed E-state index contributed by atoms with van der Waals surface area (Å²) in [6, 6.07) is -0.377. The number of carbonyl (C=O) groups excluding carboxylic acids is 1. The molecule has 0 saturated carbocycles. The number of nitrogens with one attached hydrogen (secondary N) is 1. The monoisotopic (exact) mass is 252 g/mol. The van der Waals surface area contributed by atoms with Crippen LogP contribution in [-0.4, -0.2) is 27.5 Å². The fraction of sp³-hybridized carbons (Fsp3) is 0.545. The number of hydrogen-bond acceptors (Lipinski definition) is 5. The average molecular weight is 252 g/mol. The first-order valence-corrected chi connectivity index (χ1v) is 5.78. The smallest absolute Gasteiger partial charge is 0.332 e. The Labute approximate surface area is 103 Å². The van der Waals surface area contributed by atoms with Crippen molar-refractivity contribution >= 4 is 11.6 Å². The molecule has 98 valence electrons. The maximum Gasteiger partial charge on any atom is 0.332 e. The molecule has 7 heteroatoms. The molecule has 1 aliphatic heterocycles. The van der Waals surface area contributed by atoms with Crippen LogP contribution in [0.1, 0.15) is 23.2 Å². The third kappa shape index (κ3) is 1.76. The molecule has 0 aromatic carbocycles. The fourth-order valence-electron chi connectivity index (χ4n) is 2.17. The van der Waals surface area contributed by atoms with Crippen LogP contribution in [0.3, 0.4) is 0 Å². The van der Waals surface area contributed by atoms with Crippen LogP contribution in [0.15, 0.2) is 9.59 Å². The molecule has 0 radical (unpaired) electrons. The van der Waals surface area contributed by atoms with Crippen molar-refractivity contribution in [3.63, 3.8) is 0 Å². The molecule has 1 aromatic rings. The van der Waals surface area contributed by atoms with Gasteiger partial charge in [-0.1, -0.05) is 0 Å². The van der Waals surface area contributed by atoms with E-state index in [0.29, 0.717) is 6.42 Å². The van der Waals surface area contributed by atoms with Gasteiger partial charge >= 0.3 is 5.69 Å². The Morgan fingerprint density at radius 1 is 1.33 bits per heavy atom. The van der Waals surface area contributed by atoms with Gasteiger partial charge in [0.2, 0.25) is 0 Å². The van der Waals surface area contributed by atoms with Crippen LogP contribution in [0.5, 0.6) is 0 Å². The molecule has 1 atom stereocenters. The summed E-state index contributed by atoms with van der Waals surface area (Å²) in [6.07, 6.45) is 1.58. The number of hydrogen-bond donors (Lipinski definition) is 2. The van der Waals surface area contributed by atoms with E-state index in [9.17, 15) is 14.4 Å². The maximum atomic E-state index is 12.2. The van der Waals surface area contributed by atoms with Crippen LogP contribution >= 0.6 is 0 Å². The molecule has 1 fully saturated rings. The number of aromatic nitrogens is 2. The van der Waals surface area contributed by atoms with Crippen molar-refractivity contribution in [2.24, 2.45) is 14.1 Å². The summed E-state index contributed by atoms with van der Waals surface area (Å²) in [5, 5.41) is 3.02. The summed E-state index contributed by atoms with van der Waals surface area (Å²) in [4.78, 5) is 35.8. The number of Topliss-reactive ketones (excluding diaryl/α,β-unsaturated/α-hetero) is 1. The molecule has 2 rings (SSSR count). The Hall–Kier alpha value is -1.89. The molecular weight excluding hydrogens is 236 g/mol. The van der Waals surface area contributed by atoms with Crippen molar-refractivity contribution < 1.29 is 4.79 Å². The lowest BCUT2D eigenvalue weighted by Gasteiger charge is -2.13. The Morgan fingerprint density at radius 3 is 2.56 bits per heavy atom. The Bertz CT molecular complexity index is 608. The van der Waals surface area contributed by atoms with Crippen molar-refractivity contribution in [1.82, 2.24) is 14.5 Å². The standard InChI is InChI=1S/C11H16N4O3/c1-14-9(12)7(10(17)15(2)11(14)18)8(16)6-4-3-5-13-6/h6,13H,3-5,12H2,1-2H3/t6-/m0/s1. The van der Waals surface area contributed by atoms with Crippen LogP contribution in [0.25, 0.3) is 0 Å². The molecule has 2 heterocycles. The number of nitrogens with two attached hydrogens (primary N) is 1. The van der Waals surface area contributed by atoms with E-state index in [1.807, 2.05) is 0 Å². The molecule has 1 aromatic heterocycles. The molecule has 0 spiro atoms. The van der Waals surface area contributed by atoms with Crippen molar-refractivity contribution in [3.05, 3.63) is 26.4 Å². The summed E-state index contributed by atoms with van der Waals surface area (Å²) in [5.74, 6) is -0.400. The molecule has 1 aliphatic rings. The minimum absolute atomic E-state index is 0.0678.